The summed E-state index contributed by atoms with van der Waals surface area (Å²) in [6, 6.07) is 27.9. The van der Waals surface area contributed by atoms with Gasteiger partial charge >= 0.3 is 55.8 Å². The van der Waals surface area contributed by atoms with Crippen LogP contribution in [0, 0.1) is 13.8 Å². The first kappa shape index (κ1) is 117. The van der Waals surface area contributed by atoms with E-state index in [2.05, 4.69) is 50.1 Å². The fourth-order valence-corrected chi connectivity index (χ4v) is 11.6. The van der Waals surface area contributed by atoms with Crippen LogP contribution < -0.4 is 53.3 Å². The van der Waals surface area contributed by atoms with Gasteiger partial charge in [-0.25, -0.2) is 9.78 Å². The summed E-state index contributed by atoms with van der Waals surface area (Å²) in [6.45, 7) is 14.1. The molecule has 3 amide bonds. The molecular formula is C87H111F9LiN11O24. The number of esters is 1. The molecule has 6 aromatic rings. The number of aldehydes is 1. The number of ketones is 2. The zero-order chi connectivity index (χ0) is 95.6. The van der Waals surface area contributed by atoms with Crippen LogP contribution in [-0.2, 0) is 87.4 Å². The number of hydrogen-bond acceptors (Lipinski definition) is 27. The van der Waals surface area contributed by atoms with Crippen molar-refractivity contribution in [2.24, 2.45) is 10.2 Å². The number of aliphatic carboxylic acids is 1. The number of pyridine rings is 2. The molecule has 2 heterocycles. The van der Waals surface area contributed by atoms with Crippen molar-refractivity contribution >= 4 is 53.5 Å². The zero-order valence-electron chi connectivity index (χ0n) is 74.4. The van der Waals surface area contributed by atoms with Crippen molar-refractivity contribution in [1.82, 2.24) is 20.6 Å². The van der Waals surface area contributed by atoms with Crippen LogP contribution in [-0.4, -0.2) is 252 Å². The van der Waals surface area contributed by atoms with Crippen LogP contribution in [0.4, 0.5) is 50.1 Å². The zero-order valence-corrected chi connectivity index (χ0v) is 74.4. The van der Waals surface area contributed by atoms with E-state index in [9.17, 15) is 78.2 Å². The van der Waals surface area contributed by atoms with Gasteiger partial charge in [-0.05, 0) is 153 Å². The fraction of sp³-hybridized carbons (Fsp3) is 0.517. The van der Waals surface area contributed by atoms with Crippen molar-refractivity contribution < 1.29 is 174 Å². The van der Waals surface area contributed by atoms with E-state index in [-0.39, 0.29) is 188 Å². The Hall–Kier alpha value is -11.2. The number of nitrogens with one attached hydrogen (secondary N) is 2. The monoisotopic (exact) mass is 1870 g/mol. The molecule has 0 aliphatic rings. The Balaban J connectivity index is 0.000000834. The number of methoxy groups -OCH3 is 1. The number of unbranched alkanes of at least 4 members (excludes halogenated alkanes) is 1. The third-order valence-electron chi connectivity index (χ3n) is 17.5. The maximum Gasteiger partial charge on any atom is 1.00 e. The largest absolute Gasteiger partial charge is 1.00 e. The SMILES string of the molecule is COC(=O)C[C@H](CC(=O)CNC(=O)CCCN(C(=O)OC(C)(C)C)c1cc(C)ccn1)c1ccc(-c2ccc(OCCOCCOCCOCCOCCN=[N+]=[N-])cc2OC(F)(F)F)cc1.Cc1ccnc(CCCCC(=O)NCC(=O)C[C@@H](CC(=O)O)c2ccc(-c3ccc(OCCOCCOCCOCCOCCN=[N+]=[N-])cc3OC(F)(F)F)cc2)c1.O=CC(F)(F)F.[Li+].[OH-]. The number of azide groups is 2. The van der Waals surface area contributed by atoms with Gasteiger partial charge in [-0.15, -0.1) is 26.3 Å². The third-order valence-corrected chi connectivity index (χ3v) is 17.5. The van der Waals surface area contributed by atoms with Crippen molar-refractivity contribution in [3.05, 3.63) is 170 Å². The number of ether oxygens (including phenoxy) is 14. The number of aryl methyl sites for hydroxylation is 3. The summed E-state index contributed by atoms with van der Waals surface area (Å²) in [4.78, 5) is 112. The second-order valence-corrected chi connectivity index (χ2v) is 29.1. The summed E-state index contributed by atoms with van der Waals surface area (Å²) in [5.74, 6) is -5.00. The van der Waals surface area contributed by atoms with E-state index >= 15 is 0 Å². The Bertz CT molecular complexity index is 4510. The number of carbonyl (C=O) groups is 8. The third kappa shape index (κ3) is 54.6. The van der Waals surface area contributed by atoms with E-state index in [0.29, 0.717) is 107 Å². The summed E-state index contributed by atoms with van der Waals surface area (Å²) in [6.07, 6.45) is -11.3. The summed E-state index contributed by atoms with van der Waals surface area (Å²) >= 11 is 0. The first-order chi connectivity index (χ1) is 62.0. The molecule has 6 rings (SSSR count). The maximum atomic E-state index is 13.5. The number of benzene rings is 4. The first-order valence-corrected chi connectivity index (χ1v) is 41.1. The summed E-state index contributed by atoms with van der Waals surface area (Å²) in [5.41, 5.74) is 20.5. The van der Waals surface area contributed by atoms with Gasteiger partial charge in [0.25, 0.3) is 0 Å². The topological polar surface area (TPSA) is 467 Å². The van der Waals surface area contributed by atoms with Gasteiger partial charge in [0.15, 0.2) is 11.6 Å². The molecule has 45 heteroatoms. The van der Waals surface area contributed by atoms with E-state index in [1.807, 2.05) is 26.0 Å². The molecular weight excluding hydrogens is 1760 g/mol. The molecule has 0 fully saturated rings. The molecule has 2 atom stereocenters. The van der Waals surface area contributed by atoms with Gasteiger partial charge in [-0.3, -0.25) is 43.4 Å². The molecule has 0 saturated carbocycles. The predicted molar refractivity (Wildman–Crippen MR) is 455 cm³/mol. The number of carboxylic acids is 1. The Morgan fingerprint density at radius 3 is 1.27 bits per heavy atom. The fourth-order valence-electron chi connectivity index (χ4n) is 11.6. The number of carbonyl (C=O) groups excluding carboxylic acids is 7. The van der Waals surface area contributed by atoms with Crippen molar-refractivity contribution in [3.8, 4) is 45.3 Å². The number of carboxylic acid groups (broad SMARTS) is 1. The number of aromatic nitrogens is 2. The van der Waals surface area contributed by atoms with Gasteiger partial charge in [0, 0.05) is 108 Å². The molecule has 2 aromatic heterocycles. The Kier molecular flexibility index (Phi) is 57.9. The van der Waals surface area contributed by atoms with Gasteiger partial charge < -0.3 is 87.5 Å². The van der Waals surface area contributed by atoms with E-state index in [4.69, 9.17) is 72.7 Å². The van der Waals surface area contributed by atoms with Crippen LogP contribution >= 0.6 is 0 Å². The van der Waals surface area contributed by atoms with Crippen molar-refractivity contribution in [3.63, 3.8) is 0 Å². The van der Waals surface area contributed by atoms with Gasteiger partial charge in [0.1, 0.15) is 47.6 Å². The van der Waals surface area contributed by atoms with Crippen LogP contribution in [0.25, 0.3) is 43.1 Å². The van der Waals surface area contributed by atoms with Crippen LogP contribution in [0.2, 0.25) is 0 Å². The van der Waals surface area contributed by atoms with Gasteiger partial charge in [-0.1, -0.05) is 58.8 Å². The van der Waals surface area contributed by atoms with Gasteiger partial charge in [-0.2, -0.15) is 13.2 Å². The molecule has 0 bridgehead atoms. The number of anilines is 1. The molecule has 0 radical (unpaired) electrons. The summed E-state index contributed by atoms with van der Waals surface area (Å²) in [5, 5.41) is 21.4. The number of amides is 3. The molecule has 35 nitrogen and oxygen atoms in total. The quantitative estimate of drug-likeness (QED) is 0.00466. The van der Waals surface area contributed by atoms with Crippen LogP contribution in [0.3, 0.4) is 0 Å². The van der Waals surface area contributed by atoms with Gasteiger partial charge in [0.2, 0.25) is 18.1 Å². The van der Waals surface area contributed by atoms with Crippen molar-refractivity contribution in [1.29, 1.82) is 0 Å². The Morgan fingerprint density at radius 2 is 0.894 bits per heavy atom. The summed E-state index contributed by atoms with van der Waals surface area (Å²) < 4.78 is 185. The number of rotatable bonds is 60. The van der Waals surface area contributed by atoms with E-state index in [1.165, 1.54) is 48.4 Å². The van der Waals surface area contributed by atoms with E-state index in [1.54, 1.807) is 81.7 Å². The maximum absolute atomic E-state index is 13.5. The molecule has 0 saturated heterocycles. The second-order valence-electron chi connectivity index (χ2n) is 29.1. The standard InChI is InChI=1S/C45H59F3N6O12.C40H50F3N5O10.C2HF3O.Li.H2O/c1-32-14-15-50-40(27-32)54(43(58)66-44(2,3)4)17-6-7-41(56)51-31-36(55)28-35(29-42(57)59-5)33-8-10-34(11-9-33)38-13-12-37(30-39(38)65-45(46,47)48)64-26-25-63-24-23-62-22-21-61-20-19-60-18-16-52-53-49;1-29-12-13-45-33(24-29)4-2-3-5-38(50)46-28-34(49)25-32(26-39(51)52)30-6-8-31(9-7-30)36-11-10-35(27-37(36)58-40(41,42)43)57-23-22-56-21-20-55-19-18-54-17-16-53-15-14-47-48-44;3-2(4,5)1-6;;/h8-15,27,30,35H,6-7,16-26,28-29,31H2,1-5H3,(H,51,56);6-13,24,27,32H,2-5,14-23,25-26,28H2,1H3,(H,46,50)(H,51,52);1H;;1H2/q;;;+1;/p-1/t35-;32-;;;/m00.../s1. The minimum absolute atomic E-state index is 0. The molecule has 0 spiro atoms. The molecule has 0 unspecified atom stereocenters. The summed E-state index contributed by atoms with van der Waals surface area (Å²) in [7, 11) is 1.21. The molecule has 4 N–H and O–H groups in total. The van der Waals surface area contributed by atoms with Crippen LogP contribution in [0.1, 0.15) is 118 Å². The number of nitrogens with zero attached hydrogens (tertiary/aromatic N) is 9. The van der Waals surface area contributed by atoms with Crippen molar-refractivity contribution in [2.45, 2.75) is 135 Å². The predicted octanol–water partition coefficient (Wildman–Crippen LogP) is 12.0. The van der Waals surface area contributed by atoms with Crippen LogP contribution in [0.5, 0.6) is 23.0 Å². The number of hydrogen-bond donors (Lipinski definition) is 3. The molecule has 132 heavy (non-hydrogen) atoms. The smallest absolute Gasteiger partial charge is 0.870 e. The van der Waals surface area contributed by atoms with Crippen molar-refractivity contribution in [2.75, 3.05) is 164 Å². The normalized spacial score (nSPS) is 11.6. The average molecular weight is 1870 g/mol. The number of alkyl halides is 9. The second kappa shape index (κ2) is 65.4. The Labute approximate surface area is 769 Å². The molecule has 0 aliphatic carbocycles. The van der Waals surface area contributed by atoms with E-state index < -0.39 is 78.1 Å². The number of halogens is 9. The minimum Gasteiger partial charge on any atom is -0.870 e. The average Bonchev–Trinajstić information content (AvgIpc) is 0.808. The van der Waals surface area contributed by atoms with E-state index in [0.717, 1.165) is 41.8 Å². The van der Waals surface area contributed by atoms with Gasteiger partial charge in [0.05, 0.1) is 139 Å². The molecule has 4 aromatic carbocycles. The minimum atomic E-state index is -5.01. The Morgan fingerprint density at radius 1 is 0.508 bits per heavy atom. The number of Topliss-reactive ketones (excluding diaryl/α,β-unsaturated/α-hetero) is 2. The molecule has 0 aliphatic heterocycles. The molecule has 722 valence electrons. The first-order valence-electron chi connectivity index (χ1n) is 41.1. The van der Waals surface area contributed by atoms with Crippen LogP contribution in [0.15, 0.2) is 132 Å².